The van der Waals surface area contributed by atoms with E-state index in [2.05, 4.69) is 83.9 Å². The van der Waals surface area contributed by atoms with Crippen LogP contribution >= 0.6 is 23.1 Å². The molecule has 0 bridgehead atoms. The van der Waals surface area contributed by atoms with Crippen LogP contribution in [-0.2, 0) is 18.9 Å². The number of hydrogen-bond acceptors (Lipinski definition) is 6. The van der Waals surface area contributed by atoms with E-state index in [1.54, 1.807) is 23.1 Å². The zero-order chi connectivity index (χ0) is 22.5. The summed E-state index contributed by atoms with van der Waals surface area (Å²) in [6.45, 7) is 11.1. The first-order chi connectivity index (χ1) is 15.5. The van der Waals surface area contributed by atoms with E-state index < -0.39 is 0 Å². The van der Waals surface area contributed by atoms with Crippen molar-refractivity contribution in [1.82, 2.24) is 19.7 Å². The minimum absolute atomic E-state index is 0.361. The molecule has 0 radical (unpaired) electrons. The number of thiazole rings is 1. The van der Waals surface area contributed by atoms with Crippen molar-refractivity contribution in [1.29, 1.82) is 0 Å². The summed E-state index contributed by atoms with van der Waals surface area (Å²) < 4.78 is 8.07. The largest absolute Gasteiger partial charge is 0.485 e. The van der Waals surface area contributed by atoms with E-state index >= 15 is 0 Å². The molecule has 5 nitrogen and oxygen atoms in total. The highest BCUT2D eigenvalue weighted by molar-refractivity contribution is 7.98. The molecule has 164 valence electrons. The second-order valence-corrected chi connectivity index (χ2v) is 9.46. The Labute approximate surface area is 197 Å². The Hall–Kier alpha value is -2.90. The molecule has 2 heterocycles. The molecule has 0 aliphatic heterocycles. The van der Waals surface area contributed by atoms with E-state index in [1.807, 2.05) is 12.1 Å². The first kappa shape index (κ1) is 22.3. The summed E-state index contributed by atoms with van der Waals surface area (Å²) in [5.41, 5.74) is 5.77. The molecule has 0 spiro atoms. The average molecular weight is 463 g/mol. The fraction of sp³-hybridized carbons (Fsp3) is 0.240. The van der Waals surface area contributed by atoms with Gasteiger partial charge in [0.15, 0.2) is 11.0 Å². The van der Waals surface area contributed by atoms with Crippen molar-refractivity contribution in [3.8, 4) is 16.3 Å². The van der Waals surface area contributed by atoms with Gasteiger partial charge in [-0.05, 0) is 32.4 Å². The van der Waals surface area contributed by atoms with Gasteiger partial charge in [-0.15, -0.1) is 28.1 Å². The molecule has 0 N–H and O–H groups in total. The van der Waals surface area contributed by atoms with Crippen molar-refractivity contribution in [2.75, 3.05) is 0 Å². The van der Waals surface area contributed by atoms with Gasteiger partial charge in [0, 0.05) is 23.2 Å². The summed E-state index contributed by atoms with van der Waals surface area (Å²) in [4.78, 5) is 4.80. The molecule has 0 aliphatic rings. The number of thioether (sulfide) groups is 1. The van der Waals surface area contributed by atoms with Crippen LogP contribution in [0.3, 0.4) is 0 Å². The van der Waals surface area contributed by atoms with Gasteiger partial charge in [0.1, 0.15) is 17.4 Å². The highest BCUT2D eigenvalue weighted by Crippen LogP contribution is 2.28. The molecule has 0 atom stereocenters. The third kappa shape index (κ3) is 5.29. The molecule has 2 aromatic carbocycles. The molecule has 0 amide bonds. The summed E-state index contributed by atoms with van der Waals surface area (Å²) in [7, 11) is 0. The molecule has 32 heavy (non-hydrogen) atoms. The van der Waals surface area contributed by atoms with Crippen LogP contribution in [0, 0.1) is 20.8 Å². The molecule has 0 saturated heterocycles. The molecule has 0 saturated carbocycles. The lowest BCUT2D eigenvalue weighted by atomic mass is 10.1. The Morgan fingerprint density at radius 3 is 2.59 bits per heavy atom. The molecule has 0 unspecified atom stereocenters. The van der Waals surface area contributed by atoms with Gasteiger partial charge < -0.3 is 4.74 Å². The van der Waals surface area contributed by atoms with Crippen LogP contribution in [0.4, 0.5) is 0 Å². The van der Waals surface area contributed by atoms with Gasteiger partial charge >= 0.3 is 0 Å². The van der Waals surface area contributed by atoms with Gasteiger partial charge in [-0.2, -0.15) is 0 Å². The fourth-order valence-corrected chi connectivity index (χ4v) is 5.08. The normalized spacial score (nSPS) is 11.0. The number of benzene rings is 2. The molecule has 4 aromatic rings. The maximum Gasteiger partial charge on any atom is 0.191 e. The summed E-state index contributed by atoms with van der Waals surface area (Å²) in [5, 5.41) is 12.8. The van der Waals surface area contributed by atoms with E-state index in [0.29, 0.717) is 13.2 Å². The molecule has 0 fully saturated rings. The van der Waals surface area contributed by atoms with E-state index in [9.17, 15) is 0 Å². The van der Waals surface area contributed by atoms with E-state index in [1.165, 1.54) is 11.1 Å². The third-order valence-corrected chi connectivity index (χ3v) is 6.93. The molecule has 2 aromatic heterocycles. The van der Waals surface area contributed by atoms with Crippen LogP contribution in [0.1, 0.15) is 28.2 Å². The average Bonchev–Trinajstić information content (AvgIpc) is 3.40. The number of aryl methyl sites for hydroxylation is 3. The van der Waals surface area contributed by atoms with Crippen molar-refractivity contribution in [2.24, 2.45) is 0 Å². The number of rotatable bonds is 9. The lowest BCUT2D eigenvalue weighted by molar-refractivity contribution is 0.287. The first-order valence-corrected chi connectivity index (χ1v) is 12.3. The van der Waals surface area contributed by atoms with Crippen molar-refractivity contribution >= 4 is 23.1 Å². The Morgan fingerprint density at radius 2 is 1.84 bits per heavy atom. The van der Waals surface area contributed by atoms with Gasteiger partial charge in [-0.1, -0.05) is 65.4 Å². The van der Waals surface area contributed by atoms with Gasteiger partial charge in [-0.25, -0.2) is 4.98 Å². The van der Waals surface area contributed by atoms with Crippen molar-refractivity contribution in [2.45, 2.75) is 44.8 Å². The van der Waals surface area contributed by atoms with Gasteiger partial charge in [-0.3, -0.25) is 4.57 Å². The zero-order valence-corrected chi connectivity index (χ0v) is 20.2. The van der Waals surface area contributed by atoms with E-state index in [-0.39, 0.29) is 0 Å². The van der Waals surface area contributed by atoms with Gasteiger partial charge in [0.2, 0.25) is 0 Å². The second-order valence-electron chi connectivity index (χ2n) is 7.65. The molecule has 0 aliphatic carbocycles. The molecular weight excluding hydrogens is 436 g/mol. The number of allylic oxidation sites excluding steroid dienone is 1. The lowest BCUT2D eigenvalue weighted by Gasteiger charge is -2.11. The van der Waals surface area contributed by atoms with Crippen LogP contribution in [0.2, 0.25) is 0 Å². The lowest BCUT2D eigenvalue weighted by Crippen LogP contribution is -2.08. The summed E-state index contributed by atoms with van der Waals surface area (Å²) in [5.74, 6) is 2.38. The maximum atomic E-state index is 6.02. The molecule has 4 rings (SSSR count). The first-order valence-electron chi connectivity index (χ1n) is 10.4. The summed E-state index contributed by atoms with van der Waals surface area (Å²) >= 11 is 3.30. The minimum Gasteiger partial charge on any atom is -0.485 e. The van der Waals surface area contributed by atoms with Gasteiger partial charge in [0.25, 0.3) is 0 Å². The maximum absolute atomic E-state index is 6.02. The van der Waals surface area contributed by atoms with Crippen LogP contribution in [0.5, 0.6) is 5.75 Å². The Kier molecular flexibility index (Phi) is 7.07. The van der Waals surface area contributed by atoms with Crippen molar-refractivity contribution < 1.29 is 4.74 Å². The van der Waals surface area contributed by atoms with E-state index in [0.717, 1.165) is 44.3 Å². The second kappa shape index (κ2) is 10.1. The Bertz CT molecular complexity index is 1210. The third-order valence-electron chi connectivity index (χ3n) is 4.99. The molecule has 7 heteroatoms. The highest BCUT2D eigenvalue weighted by Gasteiger charge is 2.14. The number of aromatic nitrogens is 4. The predicted octanol–water partition coefficient (Wildman–Crippen LogP) is 6.38. The van der Waals surface area contributed by atoms with Crippen LogP contribution in [0.15, 0.2) is 65.7 Å². The zero-order valence-electron chi connectivity index (χ0n) is 18.5. The SMILES string of the molecule is C=CCn1c(COc2ccc(C)cc2C)nnc1SCc1csc(-c2ccc(C)cc2)n1. The summed E-state index contributed by atoms with van der Waals surface area (Å²) in [6, 6.07) is 14.6. The molecular formula is C25H26N4OS2. The minimum atomic E-state index is 0.361. The fourth-order valence-electron chi connectivity index (χ4n) is 3.29. The Morgan fingerprint density at radius 1 is 1.06 bits per heavy atom. The number of ether oxygens (including phenoxy) is 1. The standard InChI is InChI=1S/C25H26N4OS2/c1-5-12-29-23(14-30-22-11-8-18(3)13-19(22)4)27-28-25(29)32-16-21-15-31-24(26-21)20-9-6-17(2)7-10-20/h5-11,13,15H,1,12,14,16H2,2-4H3. The Balaban J connectivity index is 1.43. The predicted molar refractivity (Wildman–Crippen MR) is 132 cm³/mol. The van der Waals surface area contributed by atoms with Gasteiger partial charge in [0.05, 0.1) is 5.69 Å². The quantitative estimate of drug-likeness (QED) is 0.213. The monoisotopic (exact) mass is 462 g/mol. The smallest absolute Gasteiger partial charge is 0.191 e. The number of hydrogen-bond donors (Lipinski definition) is 0. The number of nitrogens with zero attached hydrogens (tertiary/aromatic N) is 4. The van der Waals surface area contributed by atoms with Crippen molar-refractivity contribution in [3.05, 3.63) is 88.7 Å². The topological polar surface area (TPSA) is 52.8 Å². The van der Waals surface area contributed by atoms with E-state index in [4.69, 9.17) is 9.72 Å². The van der Waals surface area contributed by atoms with Crippen LogP contribution in [0.25, 0.3) is 10.6 Å². The highest BCUT2D eigenvalue weighted by atomic mass is 32.2. The summed E-state index contributed by atoms with van der Waals surface area (Å²) in [6.07, 6.45) is 1.85. The van der Waals surface area contributed by atoms with Crippen LogP contribution in [-0.4, -0.2) is 19.7 Å². The van der Waals surface area contributed by atoms with Crippen molar-refractivity contribution in [3.63, 3.8) is 0 Å². The van der Waals surface area contributed by atoms with Crippen LogP contribution < -0.4 is 4.74 Å².